The van der Waals surface area contributed by atoms with Crippen molar-refractivity contribution in [2.75, 3.05) is 26.3 Å². The second kappa shape index (κ2) is 6.16. The predicted molar refractivity (Wildman–Crippen MR) is 72.4 cm³/mol. The van der Waals surface area contributed by atoms with Crippen molar-refractivity contribution in [2.24, 2.45) is 0 Å². The zero-order valence-corrected chi connectivity index (χ0v) is 11.9. The van der Waals surface area contributed by atoms with Crippen LogP contribution in [0, 0.1) is 11.6 Å². The highest BCUT2D eigenvalue weighted by atomic mass is 19.1. The number of hydrogen-bond donors (Lipinski definition) is 1. The fraction of sp³-hybridized carbons (Fsp3) is 0.600. The molecule has 1 fully saturated rings. The maximum atomic E-state index is 13.3. The molecule has 1 saturated heterocycles. The number of ether oxygens (including phenoxy) is 1. The van der Waals surface area contributed by atoms with Crippen LogP contribution < -0.4 is 0 Å². The molecule has 1 N–H and O–H groups in total. The summed E-state index contributed by atoms with van der Waals surface area (Å²) in [6.07, 6.45) is -0.275. The number of benzene rings is 1. The van der Waals surface area contributed by atoms with Gasteiger partial charge in [0.25, 0.3) is 0 Å². The molecule has 3 nitrogen and oxygen atoms in total. The van der Waals surface area contributed by atoms with Gasteiger partial charge in [-0.05, 0) is 31.0 Å². The van der Waals surface area contributed by atoms with Gasteiger partial charge in [-0.25, -0.2) is 8.78 Å². The van der Waals surface area contributed by atoms with Crippen LogP contribution in [0.3, 0.4) is 0 Å². The van der Waals surface area contributed by atoms with Crippen LogP contribution in [0.1, 0.15) is 31.9 Å². The van der Waals surface area contributed by atoms with Crippen LogP contribution in [0.5, 0.6) is 0 Å². The molecule has 2 atom stereocenters. The van der Waals surface area contributed by atoms with Crippen molar-refractivity contribution in [1.29, 1.82) is 0 Å². The van der Waals surface area contributed by atoms with Gasteiger partial charge in [-0.1, -0.05) is 6.92 Å². The molecular formula is C15H21F2NO2. The molecule has 0 bridgehead atoms. The van der Waals surface area contributed by atoms with Gasteiger partial charge in [-0.2, -0.15) is 0 Å². The molecule has 0 spiro atoms. The summed E-state index contributed by atoms with van der Waals surface area (Å²) in [4.78, 5) is 2.13. The lowest BCUT2D eigenvalue weighted by atomic mass is 9.84. The Morgan fingerprint density at radius 1 is 1.25 bits per heavy atom. The second-order valence-corrected chi connectivity index (χ2v) is 5.42. The van der Waals surface area contributed by atoms with Gasteiger partial charge < -0.3 is 9.84 Å². The van der Waals surface area contributed by atoms with E-state index in [0.29, 0.717) is 32.7 Å². The van der Waals surface area contributed by atoms with E-state index in [2.05, 4.69) is 4.90 Å². The summed E-state index contributed by atoms with van der Waals surface area (Å²) < 4.78 is 32.0. The second-order valence-electron chi connectivity index (χ2n) is 5.42. The highest BCUT2D eigenvalue weighted by Gasteiger charge is 2.39. The van der Waals surface area contributed by atoms with E-state index in [1.54, 1.807) is 0 Å². The van der Waals surface area contributed by atoms with Crippen LogP contribution in [0.2, 0.25) is 0 Å². The van der Waals surface area contributed by atoms with E-state index >= 15 is 0 Å². The number of halogens is 2. The normalized spacial score (nSPS) is 21.4. The Hall–Kier alpha value is -1.04. The van der Waals surface area contributed by atoms with Crippen LogP contribution >= 0.6 is 0 Å². The lowest BCUT2D eigenvalue weighted by molar-refractivity contribution is -0.0735. The summed E-state index contributed by atoms with van der Waals surface area (Å²) in [7, 11) is 0. The summed E-state index contributed by atoms with van der Waals surface area (Å²) in [5.74, 6) is -1.33. The molecule has 2 unspecified atom stereocenters. The van der Waals surface area contributed by atoms with Crippen molar-refractivity contribution in [3.05, 3.63) is 35.4 Å². The van der Waals surface area contributed by atoms with E-state index in [-0.39, 0.29) is 5.56 Å². The van der Waals surface area contributed by atoms with Gasteiger partial charge in [0.05, 0.1) is 19.3 Å². The van der Waals surface area contributed by atoms with Crippen molar-refractivity contribution < 1.29 is 18.6 Å². The minimum absolute atomic E-state index is 0.276. The fourth-order valence-electron chi connectivity index (χ4n) is 2.76. The molecule has 0 radical (unpaired) electrons. The first kappa shape index (κ1) is 15.4. The lowest BCUT2D eigenvalue weighted by Crippen LogP contribution is -2.54. The summed E-state index contributed by atoms with van der Waals surface area (Å²) >= 11 is 0. The van der Waals surface area contributed by atoms with Gasteiger partial charge in [-0.15, -0.1) is 0 Å². The molecule has 0 amide bonds. The van der Waals surface area contributed by atoms with Crippen LogP contribution in [0.4, 0.5) is 8.78 Å². The highest BCUT2D eigenvalue weighted by molar-refractivity contribution is 5.23. The van der Waals surface area contributed by atoms with Crippen LogP contribution in [-0.4, -0.2) is 41.8 Å². The highest BCUT2D eigenvalue weighted by Crippen LogP contribution is 2.35. The van der Waals surface area contributed by atoms with Gasteiger partial charge in [0, 0.05) is 24.7 Å². The Bertz CT molecular complexity index is 443. The van der Waals surface area contributed by atoms with Crippen molar-refractivity contribution in [3.8, 4) is 0 Å². The first-order chi connectivity index (χ1) is 9.47. The maximum Gasteiger partial charge on any atom is 0.126 e. The van der Waals surface area contributed by atoms with E-state index in [1.165, 1.54) is 12.1 Å². The monoisotopic (exact) mass is 285 g/mol. The van der Waals surface area contributed by atoms with Gasteiger partial charge in [0.1, 0.15) is 11.6 Å². The van der Waals surface area contributed by atoms with E-state index in [1.807, 2.05) is 13.8 Å². The molecule has 2 rings (SSSR count). The van der Waals surface area contributed by atoms with E-state index in [0.717, 1.165) is 6.07 Å². The molecule has 1 heterocycles. The number of aliphatic hydroxyl groups is 1. The molecule has 0 saturated carbocycles. The Labute approximate surface area is 118 Å². The summed E-state index contributed by atoms with van der Waals surface area (Å²) in [5.41, 5.74) is -0.289. The summed E-state index contributed by atoms with van der Waals surface area (Å²) in [6.45, 7) is 6.53. The summed E-state index contributed by atoms with van der Waals surface area (Å²) in [6, 6.07) is 3.21. The van der Waals surface area contributed by atoms with Crippen LogP contribution in [0.15, 0.2) is 18.2 Å². The smallest absolute Gasteiger partial charge is 0.126 e. The molecule has 0 aliphatic carbocycles. The third-order valence-electron chi connectivity index (χ3n) is 4.24. The molecular weight excluding hydrogens is 264 g/mol. The Morgan fingerprint density at radius 2 is 1.80 bits per heavy atom. The Kier molecular flexibility index (Phi) is 4.73. The number of hydrogen-bond acceptors (Lipinski definition) is 3. The van der Waals surface area contributed by atoms with Crippen molar-refractivity contribution >= 4 is 0 Å². The largest absolute Gasteiger partial charge is 0.386 e. The van der Waals surface area contributed by atoms with Crippen molar-refractivity contribution in [3.63, 3.8) is 0 Å². The van der Waals surface area contributed by atoms with E-state index in [9.17, 15) is 13.9 Å². The van der Waals surface area contributed by atoms with Crippen molar-refractivity contribution in [2.45, 2.75) is 31.9 Å². The number of morpholine rings is 1. The maximum absolute atomic E-state index is 13.3. The average Bonchev–Trinajstić information content (AvgIpc) is 2.45. The van der Waals surface area contributed by atoms with Crippen LogP contribution in [-0.2, 0) is 4.74 Å². The van der Waals surface area contributed by atoms with E-state index < -0.39 is 23.3 Å². The molecule has 20 heavy (non-hydrogen) atoms. The van der Waals surface area contributed by atoms with Gasteiger partial charge in [0.2, 0.25) is 0 Å². The Morgan fingerprint density at radius 3 is 2.30 bits per heavy atom. The number of rotatable bonds is 4. The standard InChI is InChI=1S/C15H21F2NO2/c1-3-15(2,18-4-6-20-7-5-18)14(19)11-8-12(16)10-13(17)9-11/h8-10,14,19H,3-7H2,1-2H3. The number of nitrogens with zero attached hydrogens (tertiary/aromatic N) is 1. The zero-order chi connectivity index (χ0) is 14.8. The molecule has 1 aromatic rings. The quantitative estimate of drug-likeness (QED) is 0.922. The minimum atomic E-state index is -0.948. The van der Waals surface area contributed by atoms with E-state index in [4.69, 9.17) is 4.74 Å². The van der Waals surface area contributed by atoms with Gasteiger partial charge >= 0.3 is 0 Å². The average molecular weight is 285 g/mol. The molecule has 5 heteroatoms. The van der Waals surface area contributed by atoms with Gasteiger partial charge in [-0.3, -0.25) is 4.90 Å². The SMILES string of the molecule is CCC(C)(C(O)c1cc(F)cc(F)c1)N1CCOCC1. The van der Waals surface area contributed by atoms with Crippen molar-refractivity contribution in [1.82, 2.24) is 4.90 Å². The topological polar surface area (TPSA) is 32.7 Å². The third-order valence-corrected chi connectivity index (χ3v) is 4.24. The predicted octanol–water partition coefficient (Wildman–Crippen LogP) is 2.50. The molecule has 112 valence electrons. The lowest BCUT2D eigenvalue weighted by Gasteiger charge is -2.46. The molecule has 1 aromatic carbocycles. The van der Waals surface area contributed by atoms with Crippen LogP contribution in [0.25, 0.3) is 0 Å². The van der Waals surface area contributed by atoms with Gasteiger partial charge in [0.15, 0.2) is 0 Å². The third kappa shape index (κ3) is 3.00. The Balaban J connectivity index is 2.29. The first-order valence-corrected chi connectivity index (χ1v) is 6.94. The minimum Gasteiger partial charge on any atom is -0.386 e. The zero-order valence-electron chi connectivity index (χ0n) is 11.9. The number of aliphatic hydroxyl groups excluding tert-OH is 1. The molecule has 1 aliphatic rings. The summed E-state index contributed by atoms with van der Waals surface area (Å²) in [5, 5.41) is 10.6. The fourth-order valence-corrected chi connectivity index (χ4v) is 2.76. The molecule has 1 aliphatic heterocycles. The molecule has 0 aromatic heterocycles. The first-order valence-electron chi connectivity index (χ1n) is 6.94.